The minimum Gasteiger partial charge on any atom is -0.300 e. The smallest absolute Gasteiger partial charge is 0.181 e. The number of Topliss-reactive ketones (excluding diaryl/α,β-unsaturated/α-hetero) is 1. The van der Waals surface area contributed by atoms with Gasteiger partial charge in [-0.1, -0.05) is 17.7 Å². The first kappa shape index (κ1) is 12.3. The SMILES string of the molecule is Cc1ccc(S(=O)(=O)C2CCC(=O)CC2)cc1. The van der Waals surface area contributed by atoms with Gasteiger partial charge in [-0.05, 0) is 31.9 Å². The molecular weight excluding hydrogens is 236 g/mol. The maximum Gasteiger partial charge on any atom is 0.181 e. The topological polar surface area (TPSA) is 51.2 Å². The molecule has 0 bridgehead atoms. The van der Waals surface area contributed by atoms with Gasteiger partial charge in [0.15, 0.2) is 9.84 Å². The number of sulfone groups is 1. The predicted octanol–water partition coefficient (Wildman–Crippen LogP) is 2.28. The van der Waals surface area contributed by atoms with Gasteiger partial charge in [-0.15, -0.1) is 0 Å². The second kappa shape index (κ2) is 4.61. The fourth-order valence-electron chi connectivity index (χ4n) is 2.14. The van der Waals surface area contributed by atoms with E-state index in [0.717, 1.165) is 5.56 Å². The molecule has 1 fully saturated rings. The number of aryl methyl sites for hydroxylation is 1. The summed E-state index contributed by atoms with van der Waals surface area (Å²) in [6.45, 7) is 1.93. The lowest BCUT2D eigenvalue weighted by molar-refractivity contribution is -0.120. The lowest BCUT2D eigenvalue weighted by Crippen LogP contribution is -2.27. The molecular formula is C13H16O3S. The first-order valence-corrected chi connectivity index (χ1v) is 7.37. The van der Waals surface area contributed by atoms with Crippen LogP contribution in [0.25, 0.3) is 0 Å². The maximum absolute atomic E-state index is 12.3. The summed E-state index contributed by atoms with van der Waals surface area (Å²) in [7, 11) is -3.25. The summed E-state index contributed by atoms with van der Waals surface area (Å²) < 4.78 is 24.6. The Morgan fingerprint density at radius 1 is 1.06 bits per heavy atom. The highest BCUT2D eigenvalue weighted by Gasteiger charge is 2.31. The van der Waals surface area contributed by atoms with E-state index in [1.165, 1.54) is 0 Å². The van der Waals surface area contributed by atoms with Crippen molar-refractivity contribution in [2.75, 3.05) is 0 Å². The molecule has 0 radical (unpaired) electrons. The van der Waals surface area contributed by atoms with Crippen LogP contribution in [0.1, 0.15) is 31.2 Å². The summed E-state index contributed by atoms with van der Waals surface area (Å²) in [4.78, 5) is 11.5. The van der Waals surface area contributed by atoms with Gasteiger partial charge in [0.2, 0.25) is 0 Å². The molecule has 0 aromatic heterocycles. The third-order valence-electron chi connectivity index (χ3n) is 3.28. The summed E-state index contributed by atoms with van der Waals surface area (Å²) in [5.41, 5.74) is 1.04. The van der Waals surface area contributed by atoms with Crippen molar-refractivity contribution in [2.24, 2.45) is 0 Å². The molecule has 1 aromatic rings. The molecule has 4 heteroatoms. The Labute approximate surface area is 102 Å². The number of ketones is 1. The zero-order valence-corrected chi connectivity index (χ0v) is 10.7. The van der Waals surface area contributed by atoms with E-state index in [4.69, 9.17) is 0 Å². The molecule has 0 saturated heterocycles. The first-order valence-electron chi connectivity index (χ1n) is 5.82. The number of hydrogen-bond donors (Lipinski definition) is 0. The summed E-state index contributed by atoms with van der Waals surface area (Å²) in [5.74, 6) is 0.181. The predicted molar refractivity (Wildman–Crippen MR) is 65.6 cm³/mol. The molecule has 3 nitrogen and oxygen atoms in total. The van der Waals surface area contributed by atoms with Gasteiger partial charge in [0.05, 0.1) is 10.1 Å². The van der Waals surface area contributed by atoms with Gasteiger partial charge in [0, 0.05) is 12.8 Å². The van der Waals surface area contributed by atoms with Crippen LogP contribution in [-0.4, -0.2) is 19.5 Å². The Morgan fingerprint density at radius 2 is 1.59 bits per heavy atom. The Kier molecular flexibility index (Phi) is 3.33. The van der Waals surface area contributed by atoms with E-state index in [0.29, 0.717) is 30.6 Å². The van der Waals surface area contributed by atoms with Crippen molar-refractivity contribution >= 4 is 15.6 Å². The Morgan fingerprint density at radius 3 is 2.12 bits per heavy atom. The van der Waals surface area contributed by atoms with Crippen LogP contribution >= 0.6 is 0 Å². The average molecular weight is 252 g/mol. The van der Waals surface area contributed by atoms with Crippen LogP contribution in [0, 0.1) is 6.92 Å². The molecule has 17 heavy (non-hydrogen) atoms. The Balaban J connectivity index is 2.24. The molecule has 1 aliphatic rings. The van der Waals surface area contributed by atoms with Crippen molar-refractivity contribution in [3.05, 3.63) is 29.8 Å². The van der Waals surface area contributed by atoms with Gasteiger partial charge < -0.3 is 0 Å². The van der Waals surface area contributed by atoms with Crippen molar-refractivity contribution < 1.29 is 13.2 Å². The van der Waals surface area contributed by atoms with Crippen molar-refractivity contribution in [3.8, 4) is 0 Å². The third-order valence-corrected chi connectivity index (χ3v) is 5.56. The molecule has 1 saturated carbocycles. The van der Waals surface area contributed by atoms with Crippen LogP contribution in [0.2, 0.25) is 0 Å². The molecule has 0 heterocycles. The van der Waals surface area contributed by atoms with E-state index in [-0.39, 0.29) is 11.0 Å². The second-order valence-electron chi connectivity index (χ2n) is 4.60. The fourth-order valence-corrected chi connectivity index (χ4v) is 3.90. The van der Waals surface area contributed by atoms with E-state index in [1.807, 2.05) is 6.92 Å². The van der Waals surface area contributed by atoms with E-state index in [9.17, 15) is 13.2 Å². The molecule has 0 unspecified atom stereocenters. The number of rotatable bonds is 2. The summed E-state index contributed by atoms with van der Waals surface area (Å²) in [6, 6.07) is 6.92. The maximum atomic E-state index is 12.3. The van der Waals surface area contributed by atoms with Crippen LogP contribution < -0.4 is 0 Å². The van der Waals surface area contributed by atoms with E-state index >= 15 is 0 Å². The van der Waals surface area contributed by atoms with Crippen molar-refractivity contribution in [1.29, 1.82) is 0 Å². The molecule has 0 aliphatic heterocycles. The van der Waals surface area contributed by atoms with Crippen LogP contribution in [0.3, 0.4) is 0 Å². The fraction of sp³-hybridized carbons (Fsp3) is 0.462. The summed E-state index contributed by atoms with van der Waals surface area (Å²) >= 11 is 0. The molecule has 1 aromatic carbocycles. The first-order chi connectivity index (χ1) is 8.00. The van der Waals surface area contributed by atoms with Gasteiger partial charge in [-0.2, -0.15) is 0 Å². The van der Waals surface area contributed by atoms with E-state index in [2.05, 4.69) is 0 Å². The molecule has 1 aliphatic carbocycles. The normalized spacial score (nSPS) is 18.3. The molecule has 92 valence electrons. The van der Waals surface area contributed by atoms with Crippen molar-refractivity contribution in [1.82, 2.24) is 0 Å². The van der Waals surface area contributed by atoms with Gasteiger partial charge in [-0.25, -0.2) is 8.42 Å². The standard InChI is InChI=1S/C13H16O3S/c1-10-2-6-12(7-3-10)17(15,16)13-8-4-11(14)5-9-13/h2-3,6-7,13H,4-5,8-9H2,1H3. The number of carbonyl (C=O) groups is 1. The highest BCUT2D eigenvalue weighted by Crippen LogP contribution is 2.27. The molecule has 0 atom stereocenters. The Bertz CT molecular complexity index is 504. The van der Waals surface area contributed by atoms with Gasteiger partial charge in [0.1, 0.15) is 5.78 Å². The van der Waals surface area contributed by atoms with Crippen molar-refractivity contribution in [3.63, 3.8) is 0 Å². The van der Waals surface area contributed by atoms with Crippen LogP contribution in [0.5, 0.6) is 0 Å². The van der Waals surface area contributed by atoms with Gasteiger partial charge >= 0.3 is 0 Å². The van der Waals surface area contributed by atoms with E-state index < -0.39 is 9.84 Å². The summed E-state index contributed by atoms with van der Waals surface area (Å²) in [6.07, 6.45) is 1.73. The van der Waals surface area contributed by atoms with Crippen LogP contribution in [-0.2, 0) is 14.6 Å². The zero-order valence-electron chi connectivity index (χ0n) is 9.85. The zero-order chi connectivity index (χ0) is 12.5. The monoisotopic (exact) mass is 252 g/mol. The average Bonchev–Trinajstić information content (AvgIpc) is 2.30. The highest BCUT2D eigenvalue weighted by molar-refractivity contribution is 7.92. The van der Waals surface area contributed by atoms with Crippen molar-refractivity contribution in [2.45, 2.75) is 42.8 Å². The molecule has 0 amide bonds. The molecule has 0 spiro atoms. The van der Waals surface area contributed by atoms with Crippen LogP contribution in [0.4, 0.5) is 0 Å². The number of carbonyl (C=O) groups excluding carboxylic acids is 1. The number of benzene rings is 1. The van der Waals surface area contributed by atoms with Gasteiger partial charge in [0.25, 0.3) is 0 Å². The lowest BCUT2D eigenvalue weighted by atomic mass is 9.99. The quantitative estimate of drug-likeness (QED) is 0.811. The van der Waals surface area contributed by atoms with E-state index in [1.54, 1.807) is 24.3 Å². The van der Waals surface area contributed by atoms with Gasteiger partial charge in [-0.3, -0.25) is 4.79 Å². The lowest BCUT2D eigenvalue weighted by Gasteiger charge is -2.21. The summed E-state index contributed by atoms with van der Waals surface area (Å²) in [5, 5.41) is -0.386. The third kappa shape index (κ3) is 2.57. The van der Waals surface area contributed by atoms with Crippen LogP contribution in [0.15, 0.2) is 29.2 Å². The molecule has 0 N–H and O–H groups in total. The largest absolute Gasteiger partial charge is 0.300 e. The highest BCUT2D eigenvalue weighted by atomic mass is 32.2. The number of hydrogen-bond acceptors (Lipinski definition) is 3. The molecule has 2 rings (SSSR count). The Hall–Kier alpha value is -1.16. The second-order valence-corrected chi connectivity index (χ2v) is 6.82. The minimum atomic E-state index is -3.25. The minimum absolute atomic E-state index is 0.181.